The van der Waals surface area contributed by atoms with Gasteiger partial charge in [-0.15, -0.1) is 5.10 Å². The van der Waals surface area contributed by atoms with Gasteiger partial charge in [0.1, 0.15) is 16.7 Å². The van der Waals surface area contributed by atoms with Crippen molar-refractivity contribution in [2.45, 2.75) is 57.9 Å². The fourth-order valence-corrected chi connectivity index (χ4v) is 5.63. The molecule has 1 saturated carbocycles. The Balaban J connectivity index is 1.46. The topological polar surface area (TPSA) is 108 Å². The van der Waals surface area contributed by atoms with Crippen LogP contribution < -0.4 is 10.6 Å². The predicted octanol–water partition coefficient (Wildman–Crippen LogP) is 3.51. The third-order valence-electron chi connectivity index (χ3n) is 7.86. The van der Waals surface area contributed by atoms with E-state index >= 15 is 4.39 Å². The summed E-state index contributed by atoms with van der Waals surface area (Å²) in [4.78, 5) is 43.1. The molecular formula is C27H37FN6O3S. The van der Waals surface area contributed by atoms with Crippen molar-refractivity contribution in [3.63, 3.8) is 0 Å². The van der Waals surface area contributed by atoms with Crippen molar-refractivity contribution in [3.05, 3.63) is 40.7 Å². The Morgan fingerprint density at radius 2 is 1.84 bits per heavy atom. The molecule has 206 valence electrons. The van der Waals surface area contributed by atoms with E-state index in [0.29, 0.717) is 41.8 Å². The number of nitrogens with zero attached hydrogens (tertiary/aromatic N) is 4. The number of carbonyl (C=O) groups excluding carboxylic acids is 3. The number of piperazine rings is 1. The van der Waals surface area contributed by atoms with Gasteiger partial charge < -0.3 is 20.4 Å². The van der Waals surface area contributed by atoms with Crippen molar-refractivity contribution in [2.24, 2.45) is 11.8 Å². The lowest BCUT2D eigenvalue weighted by atomic mass is 9.81. The summed E-state index contributed by atoms with van der Waals surface area (Å²) in [6.45, 7) is 6.61. The number of halogens is 1. The van der Waals surface area contributed by atoms with E-state index in [1.54, 1.807) is 17.9 Å². The van der Waals surface area contributed by atoms with Crippen LogP contribution in [-0.2, 0) is 9.59 Å². The third kappa shape index (κ3) is 7.13. The first-order valence-electron chi connectivity index (χ1n) is 13.4. The van der Waals surface area contributed by atoms with E-state index in [0.717, 1.165) is 50.3 Å². The molecule has 1 aliphatic heterocycles. The first-order valence-corrected chi connectivity index (χ1v) is 14.1. The van der Waals surface area contributed by atoms with Crippen molar-refractivity contribution in [2.75, 3.05) is 38.5 Å². The number of rotatable bonds is 8. The van der Waals surface area contributed by atoms with Crippen molar-refractivity contribution >= 4 is 34.9 Å². The van der Waals surface area contributed by atoms with Crippen molar-refractivity contribution in [1.29, 1.82) is 0 Å². The number of amides is 3. The van der Waals surface area contributed by atoms with E-state index in [1.807, 2.05) is 7.05 Å². The highest BCUT2D eigenvalue weighted by Gasteiger charge is 2.34. The first kappa shape index (κ1) is 28.1. The summed E-state index contributed by atoms with van der Waals surface area (Å²) in [7, 11) is 2.00. The van der Waals surface area contributed by atoms with E-state index in [1.165, 1.54) is 18.3 Å². The van der Waals surface area contributed by atoms with Crippen LogP contribution in [0.5, 0.6) is 0 Å². The second-order valence-corrected chi connectivity index (χ2v) is 11.6. The lowest BCUT2D eigenvalue weighted by Crippen LogP contribution is -2.55. The minimum absolute atomic E-state index is 0.122. The Bertz CT molecular complexity index is 1110. The molecule has 38 heavy (non-hydrogen) atoms. The molecule has 2 heterocycles. The monoisotopic (exact) mass is 544 g/mol. The zero-order valence-corrected chi connectivity index (χ0v) is 23.1. The maximum atomic E-state index is 15.1. The standard InChI is InChI=1S/C27H37FN6O3S/c1-17-4-6-19(7-5-17)14-24(35)30-22-9-8-20(15-21(22)28)18(2)25(31-26(36)23-16-29-32-38-23)27(37)34-12-10-33(3)11-13-34/h8-9,15-19,25H,4-7,10-14H2,1-3H3,(H,30,35)(H,31,36)/t17?,18-,19?,25+/m0/s1. The number of nitrogens with one attached hydrogen (secondary N) is 2. The highest BCUT2D eigenvalue weighted by molar-refractivity contribution is 7.07. The van der Waals surface area contributed by atoms with E-state index in [9.17, 15) is 14.4 Å². The smallest absolute Gasteiger partial charge is 0.265 e. The molecule has 1 aromatic carbocycles. The number of anilines is 1. The van der Waals surface area contributed by atoms with Crippen LogP contribution in [0.3, 0.4) is 0 Å². The number of hydrogen-bond donors (Lipinski definition) is 2. The molecule has 0 spiro atoms. The van der Waals surface area contributed by atoms with Gasteiger partial charge in [0.25, 0.3) is 5.91 Å². The van der Waals surface area contributed by atoms with Crippen LogP contribution in [0.25, 0.3) is 0 Å². The summed E-state index contributed by atoms with van der Waals surface area (Å²) in [5.41, 5.74) is 0.675. The summed E-state index contributed by atoms with van der Waals surface area (Å²) in [5, 5.41) is 9.26. The Morgan fingerprint density at radius 1 is 1.13 bits per heavy atom. The Morgan fingerprint density at radius 3 is 2.47 bits per heavy atom. The third-order valence-corrected chi connectivity index (χ3v) is 8.52. The zero-order chi connectivity index (χ0) is 27.2. The molecule has 1 saturated heterocycles. The molecule has 11 heteroatoms. The van der Waals surface area contributed by atoms with E-state index in [-0.39, 0.29) is 17.5 Å². The molecule has 1 aromatic heterocycles. The lowest BCUT2D eigenvalue weighted by Gasteiger charge is -2.36. The van der Waals surface area contributed by atoms with Crippen LogP contribution in [0.1, 0.15) is 67.1 Å². The van der Waals surface area contributed by atoms with Gasteiger partial charge in [0, 0.05) is 38.5 Å². The maximum absolute atomic E-state index is 15.1. The Hall–Kier alpha value is -2.92. The fourth-order valence-electron chi connectivity index (χ4n) is 5.21. The maximum Gasteiger partial charge on any atom is 0.265 e. The zero-order valence-electron chi connectivity index (χ0n) is 22.3. The van der Waals surface area contributed by atoms with Crippen LogP contribution >= 0.6 is 11.5 Å². The molecule has 2 fully saturated rings. The molecule has 2 aromatic rings. The van der Waals surface area contributed by atoms with Crippen LogP contribution in [0.2, 0.25) is 0 Å². The minimum atomic E-state index is -0.901. The predicted molar refractivity (Wildman–Crippen MR) is 144 cm³/mol. The Labute approximate surface area is 227 Å². The van der Waals surface area contributed by atoms with Gasteiger partial charge in [0.05, 0.1) is 11.9 Å². The molecule has 4 rings (SSSR count). The van der Waals surface area contributed by atoms with Gasteiger partial charge in [0.15, 0.2) is 0 Å². The van der Waals surface area contributed by atoms with Gasteiger partial charge in [-0.3, -0.25) is 14.4 Å². The van der Waals surface area contributed by atoms with Gasteiger partial charge in [-0.1, -0.05) is 37.2 Å². The Kier molecular flexibility index (Phi) is 9.43. The number of hydrogen-bond acceptors (Lipinski definition) is 7. The molecule has 2 N–H and O–H groups in total. The lowest BCUT2D eigenvalue weighted by molar-refractivity contribution is -0.135. The van der Waals surface area contributed by atoms with Crippen LogP contribution in [0.15, 0.2) is 24.4 Å². The van der Waals surface area contributed by atoms with E-state index in [2.05, 4.69) is 32.0 Å². The van der Waals surface area contributed by atoms with Crippen LogP contribution in [-0.4, -0.2) is 76.4 Å². The van der Waals surface area contributed by atoms with Gasteiger partial charge in [-0.05, 0) is 61.0 Å². The second kappa shape index (κ2) is 12.8. The highest BCUT2D eigenvalue weighted by Crippen LogP contribution is 2.31. The summed E-state index contributed by atoms with van der Waals surface area (Å²) in [6.07, 6.45) is 6.06. The highest BCUT2D eigenvalue weighted by atomic mass is 32.1. The molecule has 9 nitrogen and oxygen atoms in total. The van der Waals surface area contributed by atoms with Crippen molar-refractivity contribution in [1.82, 2.24) is 24.7 Å². The molecular weight excluding hydrogens is 507 g/mol. The van der Waals surface area contributed by atoms with Gasteiger partial charge in [-0.25, -0.2) is 4.39 Å². The quantitative estimate of drug-likeness (QED) is 0.527. The second-order valence-electron chi connectivity index (χ2n) is 10.8. The molecule has 0 unspecified atom stereocenters. The van der Waals surface area contributed by atoms with E-state index < -0.39 is 23.7 Å². The van der Waals surface area contributed by atoms with Gasteiger partial charge in [0.2, 0.25) is 11.8 Å². The minimum Gasteiger partial charge on any atom is -0.339 e. The number of likely N-dealkylation sites (N-methyl/N-ethyl adjacent to an activating group) is 1. The number of aromatic nitrogens is 2. The first-order chi connectivity index (χ1) is 18.2. The molecule has 1 aliphatic carbocycles. The normalized spacial score (nSPS) is 21.9. The molecule has 0 bridgehead atoms. The number of carbonyl (C=O) groups is 3. The van der Waals surface area contributed by atoms with Crippen molar-refractivity contribution in [3.8, 4) is 0 Å². The van der Waals surface area contributed by atoms with Gasteiger partial charge in [-0.2, -0.15) is 0 Å². The molecule has 3 amide bonds. The summed E-state index contributed by atoms with van der Waals surface area (Å²) in [5.74, 6) is -0.877. The van der Waals surface area contributed by atoms with Gasteiger partial charge >= 0.3 is 0 Å². The van der Waals surface area contributed by atoms with Crippen LogP contribution in [0.4, 0.5) is 10.1 Å². The summed E-state index contributed by atoms with van der Waals surface area (Å²) < 4.78 is 18.9. The average Bonchev–Trinajstić information content (AvgIpc) is 3.45. The summed E-state index contributed by atoms with van der Waals surface area (Å²) in [6, 6.07) is 3.68. The molecule has 2 aliphatic rings. The van der Waals surface area contributed by atoms with Crippen LogP contribution in [0, 0.1) is 17.7 Å². The van der Waals surface area contributed by atoms with E-state index in [4.69, 9.17) is 0 Å². The fraction of sp³-hybridized carbons (Fsp3) is 0.593. The molecule has 0 radical (unpaired) electrons. The largest absolute Gasteiger partial charge is 0.339 e. The number of benzene rings is 1. The van der Waals surface area contributed by atoms with Crippen molar-refractivity contribution < 1.29 is 18.8 Å². The molecule has 2 atom stereocenters. The average molecular weight is 545 g/mol. The summed E-state index contributed by atoms with van der Waals surface area (Å²) >= 11 is 0.946. The SMILES string of the molecule is CC1CCC(CC(=O)Nc2ccc([C@H](C)[C@@H](NC(=O)c3cnns3)C(=O)N3CCN(C)CC3)cc2F)CC1.